The summed E-state index contributed by atoms with van der Waals surface area (Å²) in [5.74, 6) is 0.274. The molecule has 1 saturated heterocycles. The van der Waals surface area contributed by atoms with E-state index in [0.29, 0.717) is 10.8 Å². The highest BCUT2D eigenvalue weighted by Crippen LogP contribution is 2.31. The molecule has 10 heteroatoms. The van der Waals surface area contributed by atoms with Gasteiger partial charge in [0.15, 0.2) is 6.61 Å². The third-order valence-corrected chi connectivity index (χ3v) is 7.39. The van der Waals surface area contributed by atoms with Gasteiger partial charge < -0.3 is 9.64 Å². The maximum atomic E-state index is 12.8. The van der Waals surface area contributed by atoms with E-state index in [-0.39, 0.29) is 53.6 Å². The van der Waals surface area contributed by atoms with Crippen LogP contribution in [0.3, 0.4) is 0 Å². The topological polar surface area (TPSA) is 66.9 Å². The standard InChI is InChI=1S/C18H17Cl3N2O4S/c19-13-3-1-4-14(11-13)27-12-17(24)22-7-9-23(10-8-22)28(25,26)16-6-2-5-15(20)18(16)21/h1-6,11H,7-10,12H2. The number of carbonyl (C=O) groups is 1. The van der Waals surface area contributed by atoms with Crippen LogP contribution in [0.15, 0.2) is 47.4 Å². The molecule has 0 unspecified atom stereocenters. The van der Waals surface area contributed by atoms with Crippen molar-refractivity contribution < 1.29 is 17.9 Å². The Labute approximate surface area is 178 Å². The summed E-state index contributed by atoms with van der Waals surface area (Å²) in [7, 11) is -3.79. The molecule has 0 spiro atoms. The summed E-state index contributed by atoms with van der Waals surface area (Å²) in [4.78, 5) is 13.9. The number of halogens is 3. The van der Waals surface area contributed by atoms with E-state index in [9.17, 15) is 13.2 Å². The summed E-state index contributed by atoms with van der Waals surface area (Å²) in [5.41, 5.74) is 0. The van der Waals surface area contributed by atoms with Gasteiger partial charge in [-0.05, 0) is 30.3 Å². The van der Waals surface area contributed by atoms with Crippen molar-refractivity contribution >= 4 is 50.7 Å². The van der Waals surface area contributed by atoms with Crippen molar-refractivity contribution in [3.63, 3.8) is 0 Å². The van der Waals surface area contributed by atoms with E-state index in [4.69, 9.17) is 39.5 Å². The van der Waals surface area contributed by atoms with Gasteiger partial charge in [-0.3, -0.25) is 4.79 Å². The molecule has 1 aliphatic heterocycles. The number of rotatable bonds is 5. The number of piperazine rings is 1. The van der Waals surface area contributed by atoms with Gasteiger partial charge in [-0.2, -0.15) is 4.31 Å². The van der Waals surface area contributed by atoms with Crippen LogP contribution in [-0.4, -0.2) is 56.3 Å². The van der Waals surface area contributed by atoms with Gasteiger partial charge in [0, 0.05) is 31.2 Å². The van der Waals surface area contributed by atoms with E-state index < -0.39 is 10.0 Å². The largest absolute Gasteiger partial charge is 0.484 e. The average Bonchev–Trinajstić information content (AvgIpc) is 2.68. The molecule has 0 aromatic heterocycles. The fourth-order valence-electron chi connectivity index (χ4n) is 2.79. The number of hydrogen-bond acceptors (Lipinski definition) is 4. The van der Waals surface area contributed by atoms with Crippen LogP contribution in [0.5, 0.6) is 5.75 Å². The Morgan fingerprint density at radius 1 is 1.00 bits per heavy atom. The maximum Gasteiger partial charge on any atom is 0.260 e. The molecule has 1 amide bonds. The second-order valence-corrected chi connectivity index (χ2v) is 9.21. The van der Waals surface area contributed by atoms with Crippen LogP contribution in [0.4, 0.5) is 0 Å². The highest BCUT2D eigenvalue weighted by Gasteiger charge is 2.32. The summed E-state index contributed by atoms with van der Waals surface area (Å²) >= 11 is 17.9. The summed E-state index contributed by atoms with van der Waals surface area (Å²) < 4.78 is 32.4. The molecule has 1 aliphatic rings. The molecule has 0 N–H and O–H groups in total. The Balaban J connectivity index is 1.59. The fraction of sp³-hybridized carbons (Fsp3) is 0.278. The number of sulfonamides is 1. The Kier molecular flexibility index (Phi) is 6.73. The summed E-state index contributed by atoms with van der Waals surface area (Å²) in [5, 5.41) is 0.691. The monoisotopic (exact) mass is 462 g/mol. The smallest absolute Gasteiger partial charge is 0.260 e. The second kappa shape index (κ2) is 8.88. The van der Waals surface area contributed by atoms with Gasteiger partial charge in [0.1, 0.15) is 10.6 Å². The Morgan fingerprint density at radius 3 is 2.36 bits per heavy atom. The van der Waals surface area contributed by atoms with E-state index in [1.165, 1.54) is 22.5 Å². The van der Waals surface area contributed by atoms with Gasteiger partial charge in [0.2, 0.25) is 10.0 Å². The number of ether oxygens (including phenoxy) is 1. The van der Waals surface area contributed by atoms with Crippen molar-refractivity contribution in [3.05, 3.63) is 57.5 Å². The first-order chi connectivity index (χ1) is 13.3. The minimum atomic E-state index is -3.79. The van der Waals surface area contributed by atoms with Gasteiger partial charge >= 0.3 is 0 Å². The van der Waals surface area contributed by atoms with Crippen molar-refractivity contribution in [1.29, 1.82) is 0 Å². The fourth-order valence-corrected chi connectivity index (χ4v) is 5.13. The quantitative estimate of drug-likeness (QED) is 0.680. The number of hydrogen-bond donors (Lipinski definition) is 0. The molecule has 150 valence electrons. The van der Waals surface area contributed by atoms with Gasteiger partial charge in [0.05, 0.1) is 10.0 Å². The molecule has 0 bridgehead atoms. The Hall–Kier alpha value is -1.51. The van der Waals surface area contributed by atoms with Gasteiger partial charge in [-0.1, -0.05) is 46.9 Å². The molecule has 2 aromatic carbocycles. The molecular formula is C18H17Cl3N2O4S. The first-order valence-electron chi connectivity index (χ1n) is 8.39. The molecule has 1 heterocycles. The highest BCUT2D eigenvalue weighted by atomic mass is 35.5. The van der Waals surface area contributed by atoms with Crippen molar-refractivity contribution in [1.82, 2.24) is 9.21 Å². The van der Waals surface area contributed by atoms with Crippen LogP contribution < -0.4 is 4.74 Å². The molecule has 28 heavy (non-hydrogen) atoms. The summed E-state index contributed by atoms with van der Waals surface area (Å²) in [6.45, 7) is 0.694. The maximum absolute atomic E-state index is 12.8. The molecule has 0 radical (unpaired) electrons. The molecule has 2 aromatic rings. The molecule has 0 atom stereocenters. The van der Waals surface area contributed by atoms with Gasteiger partial charge in [0.25, 0.3) is 5.91 Å². The van der Waals surface area contributed by atoms with Crippen LogP contribution in [0.2, 0.25) is 15.1 Å². The van der Waals surface area contributed by atoms with E-state index in [1.807, 2.05) is 0 Å². The van der Waals surface area contributed by atoms with E-state index >= 15 is 0 Å². The van der Waals surface area contributed by atoms with Crippen LogP contribution in [0.25, 0.3) is 0 Å². The highest BCUT2D eigenvalue weighted by molar-refractivity contribution is 7.89. The minimum absolute atomic E-state index is 0.00223. The zero-order valence-corrected chi connectivity index (χ0v) is 17.7. The van der Waals surface area contributed by atoms with Crippen LogP contribution in [-0.2, 0) is 14.8 Å². The number of carbonyl (C=O) groups excluding carboxylic acids is 1. The summed E-state index contributed by atoms with van der Waals surface area (Å²) in [6.07, 6.45) is 0. The SMILES string of the molecule is O=C(COc1cccc(Cl)c1)N1CCN(S(=O)(=O)c2cccc(Cl)c2Cl)CC1. The van der Waals surface area contributed by atoms with E-state index in [2.05, 4.69) is 0 Å². The predicted molar refractivity (Wildman–Crippen MR) is 109 cm³/mol. The lowest BCUT2D eigenvalue weighted by Gasteiger charge is -2.34. The molecule has 6 nitrogen and oxygen atoms in total. The Morgan fingerprint density at radius 2 is 1.68 bits per heavy atom. The first kappa shape index (κ1) is 21.2. The molecular weight excluding hydrogens is 447 g/mol. The normalized spacial score (nSPS) is 15.5. The molecule has 0 aliphatic carbocycles. The van der Waals surface area contributed by atoms with Crippen molar-refractivity contribution in [2.75, 3.05) is 32.8 Å². The van der Waals surface area contributed by atoms with E-state index in [0.717, 1.165) is 0 Å². The lowest BCUT2D eigenvalue weighted by atomic mass is 10.3. The lowest BCUT2D eigenvalue weighted by molar-refractivity contribution is -0.134. The molecule has 3 rings (SSSR count). The van der Waals surface area contributed by atoms with Crippen LogP contribution >= 0.6 is 34.8 Å². The number of amides is 1. The zero-order valence-electron chi connectivity index (χ0n) is 14.6. The first-order valence-corrected chi connectivity index (χ1v) is 11.0. The van der Waals surface area contributed by atoms with Crippen molar-refractivity contribution in [3.8, 4) is 5.75 Å². The van der Waals surface area contributed by atoms with Crippen LogP contribution in [0, 0.1) is 0 Å². The number of nitrogens with zero attached hydrogens (tertiary/aromatic N) is 2. The average molecular weight is 464 g/mol. The third-order valence-electron chi connectivity index (χ3n) is 4.28. The third kappa shape index (κ3) is 4.72. The van der Waals surface area contributed by atoms with Crippen molar-refractivity contribution in [2.45, 2.75) is 4.90 Å². The van der Waals surface area contributed by atoms with Crippen molar-refractivity contribution in [2.24, 2.45) is 0 Å². The predicted octanol–water partition coefficient (Wildman–Crippen LogP) is 3.56. The van der Waals surface area contributed by atoms with Crippen LogP contribution in [0.1, 0.15) is 0 Å². The van der Waals surface area contributed by atoms with Gasteiger partial charge in [-0.15, -0.1) is 0 Å². The molecule has 0 saturated carbocycles. The second-order valence-electron chi connectivity index (χ2n) is 6.08. The molecule has 1 fully saturated rings. The summed E-state index contributed by atoms with van der Waals surface area (Å²) in [6, 6.07) is 11.2. The Bertz CT molecular complexity index is 977. The zero-order chi connectivity index (χ0) is 20.3. The number of benzene rings is 2. The van der Waals surface area contributed by atoms with E-state index in [1.54, 1.807) is 29.2 Å². The lowest BCUT2D eigenvalue weighted by Crippen LogP contribution is -2.51. The van der Waals surface area contributed by atoms with Gasteiger partial charge in [-0.25, -0.2) is 8.42 Å². The minimum Gasteiger partial charge on any atom is -0.484 e.